The van der Waals surface area contributed by atoms with Gasteiger partial charge in [0.2, 0.25) is 5.91 Å². The molecule has 6 nitrogen and oxygen atoms in total. The van der Waals surface area contributed by atoms with Crippen LogP contribution in [0.4, 0.5) is 13.2 Å². The first-order valence-corrected chi connectivity index (χ1v) is 9.71. The summed E-state index contributed by atoms with van der Waals surface area (Å²) in [4.78, 5) is 24.3. The predicted octanol–water partition coefficient (Wildman–Crippen LogP) is 3.77. The fourth-order valence-electron chi connectivity index (χ4n) is 3.01. The Labute approximate surface area is 174 Å². The molecule has 0 bridgehead atoms. The van der Waals surface area contributed by atoms with E-state index in [1.54, 1.807) is 13.8 Å². The number of halogens is 3. The van der Waals surface area contributed by atoms with Gasteiger partial charge in [-0.05, 0) is 31.5 Å². The van der Waals surface area contributed by atoms with Crippen LogP contribution in [0.25, 0.3) is 0 Å². The molecule has 1 fully saturated rings. The van der Waals surface area contributed by atoms with E-state index in [1.165, 1.54) is 12.1 Å². The number of ketones is 1. The Hall–Kier alpha value is -2.13. The Morgan fingerprint density at radius 1 is 1.17 bits per heavy atom. The number of ether oxygens (including phenoxy) is 3. The number of hydrogen-bond acceptors (Lipinski definition) is 5. The minimum atomic E-state index is -4.75. The second-order valence-electron chi connectivity index (χ2n) is 8.49. The second-order valence-corrected chi connectivity index (χ2v) is 8.49. The molecule has 1 aromatic carbocycles. The summed E-state index contributed by atoms with van der Waals surface area (Å²) in [6.45, 7) is 8.19. The molecule has 1 N–H and O–H groups in total. The van der Waals surface area contributed by atoms with Crippen LogP contribution in [0.1, 0.15) is 46.1 Å². The zero-order valence-corrected chi connectivity index (χ0v) is 17.6. The molecule has 0 aromatic heterocycles. The van der Waals surface area contributed by atoms with Crippen molar-refractivity contribution in [1.82, 2.24) is 5.32 Å². The van der Waals surface area contributed by atoms with E-state index in [0.29, 0.717) is 12.2 Å². The molecule has 1 aliphatic rings. The molecule has 0 spiro atoms. The molecule has 0 saturated carbocycles. The van der Waals surface area contributed by atoms with Gasteiger partial charge in [-0.25, -0.2) is 0 Å². The highest BCUT2D eigenvalue weighted by Crippen LogP contribution is 2.36. The third-order valence-corrected chi connectivity index (χ3v) is 4.74. The number of carbonyl (C=O) groups excluding carboxylic acids is 2. The van der Waals surface area contributed by atoms with Crippen molar-refractivity contribution in [2.75, 3.05) is 13.2 Å². The van der Waals surface area contributed by atoms with Crippen LogP contribution in [-0.2, 0) is 25.5 Å². The summed E-state index contributed by atoms with van der Waals surface area (Å²) < 4.78 is 51.8. The van der Waals surface area contributed by atoms with Gasteiger partial charge in [0.1, 0.15) is 11.5 Å². The fourth-order valence-corrected chi connectivity index (χ4v) is 3.01. The van der Waals surface area contributed by atoms with E-state index in [4.69, 9.17) is 9.47 Å². The highest BCUT2D eigenvalue weighted by molar-refractivity contribution is 5.82. The molecule has 0 radical (unpaired) electrons. The summed E-state index contributed by atoms with van der Waals surface area (Å²) in [7, 11) is 0. The fraction of sp³-hybridized carbons (Fsp3) is 0.619. The van der Waals surface area contributed by atoms with Gasteiger partial charge in [-0.1, -0.05) is 26.0 Å². The molecule has 1 saturated heterocycles. The molecule has 1 atom stereocenters. The summed E-state index contributed by atoms with van der Waals surface area (Å²) in [6, 6.07) is 5.14. The molecule has 0 aliphatic carbocycles. The Balaban J connectivity index is 1.74. The number of hydrogen-bond donors (Lipinski definition) is 1. The van der Waals surface area contributed by atoms with Gasteiger partial charge in [0, 0.05) is 24.8 Å². The topological polar surface area (TPSA) is 73.9 Å². The van der Waals surface area contributed by atoms with E-state index >= 15 is 0 Å². The number of benzene rings is 1. The van der Waals surface area contributed by atoms with E-state index in [1.807, 2.05) is 13.8 Å². The first kappa shape index (κ1) is 24.1. The predicted molar refractivity (Wildman–Crippen MR) is 103 cm³/mol. The van der Waals surface area contributed by atoms with Crippen LogP contribution >= 0.6 is 0 Å². The second kappa shape index (κ2) is 9.34. The van der Waals surface area contributed by atoms with Gasteiger partial charge in [-0.2, -0.15) is 0 Å². The Morgan fingerprint density at radius 3 is 2.40 bits per heavy atom. The first-order chi connectivity index (χ1) is 13.8. The lowest BCUT2D eigenvalue weighted by atomic mass is 9.84. The SMILES string of the molecule is CC1(C)OCC(C)(C)[C@@H](CC(=O)NCCC(=O)Cc2ccc(OC(F)(F)F)cc2)O1. The summed E-state index contributed by atoms with van der Waals surface area (Å²) in [5.74, 6) is -1.44. The highest BCUT2D eigenvalue weighted by atomic mass is 19.4. The number of rotatable bonds is 8. The summed E-state index contributed by atoms with van der Waals surface area (Å²) >= 11 is 0. The smallest absolute Gasteiger partial charge is 0.406 e. The minimum Gasteiger partial charge on any atom is -0.406 e. The van der Waals surface area contributed by atoms with Crippen molar-refractivity contribution in [3.63, 3.8) is 0 Å². The molecular weight excluding hydrogens is 403 g/mol. The third kappa shape index (κ3) is 7.95. The van der Waals surface area contributed by atoms with Gasteiger partial charge in [-0.15, -0.1) is 13.2 Å². The zero-order chi connectivity index (χ0) is 22.6. The minimum absolute atomic E-state index is 0.0620. The van der Waals surface area contributed by atoms with Crippen molar-refractivity contribution in [3.05, 3.63) is 29.8 Å². The molecule has 1 aliphatic heterocycles. The summed E-state index contributed by atoms with van der Waals surface area (Å²) in [6.07, 6.45) is -4.72. The van der Waals surface area contributed by atoms with Crippen molar-refractivity contribution < 1.29 is 37.0 Å². The quantitative estimate of drug-likeness (QED) is 0.678. The van der Waals surface area contributed by atoms with Crippen molar-refractivity contribution in [1.29, 1.82) is 0 Å². The van der Waals surface area contributed by atoms with Crippen LogP contribution < -0.4 is 10.1 Å². The highest BCUT2D eigenvalue weighted by Gasteiger charge is 2.42. The normalized spacial score (nSPS) is 20.4. The maximum absolute atomic E-state index is 12.3. The van der Waals surface area contributed by atoms with Gasteiger partial charge in [-0.3, -0.25) is 9.59 Å². The number of alkyl halides is 3. The molecule has 168 valence electrons. The van der Waals surface area contributed by atoms with E-state index < -0.39 is 12.1 Å². The molecular formula is C21H28F3NO5. The number of nitrogens with one attached hydrogen (secondary N) is 1. The van der Waals surface area contributed by atoms with Gasteiger partial charge in [0.15, 0.2) is 5.79 Å². The Kier molecular flexibility index (Phi) is 7.52. The molecule has 2 rings (SSSR count). The van der Waals surface area contributed by atoms with Crippen LogP contribution in [0.3, 0.4) is 0 Å². The lowest BCUT2D eigenvalue weighted by molar-refractivity contribution is -0.311. The molecule has 30 heavy (non-hydrogen) atoms. The zero-order valence-electron chi connectivity index (χ0n) is 17.6. The number of amides is 1. The number of Topliss-reactive ketones (excluding diaryl/α,β-unsaturated/α-hetero) is 1. The molecule has 1 heterocycles. The van der Waals surface area contributed by atoms with E-state index in [2.05, 4.69) is 10.1 Å². The molecule has 0 unspecified atom stereocenters. The van der Waals surface area contributed by atoms with Crippen LogP contribution in [-0.4, -0.2) is 43.1 Å². The lowest BCUT2D eigenvalue weighted by Gasteiger charge is -2.45. The van der Waals surface area contributed by atoms with Crippen LogP contribution in [0.2, 0.25) is 0 Å². The van der Waals surface area contributed by atoms with E-state index in [-0.39, 0.29) is 54.8 Å². The largest absolute Gasteiger partial charge is 0.573 e. The van der Waals surface area contributed by atoms with Gasteiger partial charge < -0.3 is 19.5 Å². The molecule has 9 heteroatoms. The lowest BCUT2D eigenvalue weighted by Crippen LogP contribution is -2.51. The van der Waals surface area contributed by atoms with Crippen molar-refractivity contribution in [2.45, 2.75) is 65.2 Å². The average Bonchev–Trinajstić information content (AvgIpc) is 2.59. The van der Waals surface area contributed by atoms with Gasteiger partial charge >= 0.3 is 6.36 Å². The summed E-state index contributed by atoms with van der Waals surface area (Å²) in [5, 5.41) is 2.72. The summed E-state index contributed by atoms with van der Waals surface area (Å²) in [5.41, 5.74) is 0.255. The Bertz CT molecular complexity index is 744. The number of carbonyl (C=O) groups is 2. The Morgan fingerprint density at radius 2 is 1.80 bits per heavy atom. The maximum Gasteiger partial charge on any atom is 0.573 e. The van der Waals surface area contributed by atoms with Crippen LogP contribution in [0.15, 0.2) is 24.3 Å². The standard InChI is InChI=1S/C21H28F3NO5/c1-19(2)13-28-20(3,4)30-17(19)12-18(27)25-10-9-15(26)11-14-5-7-16(8-6-14)29-21(22,23)24/h5-8,17H,9-13H2,1-4H3,(H,25,27)/t17-/m1/s1. The van der Waals surface area contributed by atoms with Gasteiger partial charge in [0.25, 0.3) is 0 Å². The molecule has 1 amide bonds. The van der Waals surface area contributed by atoms with E-state index in [9.17, 15) is 22.8 Å². The van der Waals surface area contributed by atoms with Crippen molar-refractivity contribution >= 4 is 11.7 Å². The van der Waals surface area contributed by atoms with Crippen LogP contribution in [0.5, 0.6) is 5.75 Å². The molecule has 1 aromatic rings. The van der Waals surface area contributed by atoms with Gasteiger partial charge in [0.05, 0.1) is 19.1 Å². The van der Waals surface area contributed by atoms with Crippen LogP contribution in [0, 0.1) is 5.41 Å². The van der Waals surface area contributed by atoms with Crippen molar-refractivity contribution in [2.24, 2.45) is 5.41 Å². The third-order valence-electron chi connectivity index (χ3n) is 4.74. The van der Waals surface area contributed by atoms with E-state index in [0.717, 1.165) is 12.1 Å². The van der Waals surface area contributed by atoms with Crippen molar-refractivity contribution in [3.8, 4) is 5.75 Å². The monoisotopic (exact) mass is 431 g/mol. The first-order valence-electron chi connectivity index (χ1n) is 9.71. The maximum atomic E-state index is 12.3. The average molecular weight is 431 g/mol.